The topological polar surface area (TPSA) is 63.7 Å². The summed E-state index contributed by atoms with van der Waals surface area (Å²) >= 11 is 0. The first kappa shape index (κ1) is 18.3. The Labute approximate surface area is 154 Å². The first-order valence-corrected chi connectivity index (χ1v) is 8.95. The zero-order chi connectivity index (χ0) is 18.9. The number of nitrogens with zero attached hydrogens (tertiary/aromatic N) is 2. The van der Waals surface area contributed by atoms with Crippen LogP contribution in [-0.4, -0.2) is 42.9 Å². The number of ether oxygens (including phenoxy) is 2. The van der Waals surface area contributed by atoms with Crippen molar-refractivity contribution < 1.29 is 14.3 Å². The van der Waals surface area contributed by atoms with Crippen molar-refractivity contribution in [3.05, 3.63) is 30.0 Å². The lowest BCUT2D eigenvalue weighted by Gasteiger charge is -2.23. The molecule has 1 saturated heterocycles. The second-order valence-corrected chi connectivity index (χ2v) is 7.72. The fraction of sp³-hybridized carbons (Fsp3) is 0.500. The number of aromatic nitrogens is 1. The third kappa shape index (κ3) is 4.00. The van der Waals surface area contributed by atoms with Crippen molar-refractivity contribution in [2.45, 2.75) is 45.8 Å². The van der Waals surface area contributed by atoms with Gasteiger partial charge in [-0.3, -0.25) is 0 Å². The quantitative estimate of drug-likeness (QED) is 0.908. The van der Waals surface area contributed by atoms with Crippen molar-refractivity contribution in [1.29, 1.82) is 0 Å². The van der Waals surface area contributed by atoms with Crippen molar-refractivity contribution in [2.24, 2.45) is 0 Å². The van der Waals surface area contributed by atoms with E-state index in [2.05, 4.69) is 27.3 Å². The van der Waals surface area contributed by atoms with E-state index in [-0.39, 0.29) is 12.1 Å². The Morgan fingerprint density at radius 1 is 1.35 bits per heavy atom. The number of nitrogens with one attached hydrogen (secondary N) is 1. The molecule has 6 nitrogen and oxygen atoms in total. The zero-order valence-electron chi connectivity index (χ0n) is 16.1. The maximum absolute atomic E-state index is 12.0. The highest BCUT2D eigenvalue weighted by Crippen LogP contribution is 2.33. The van der Waals surface area contributed by atoms with Gasteiger partial charge in [-0.2, -0.15) is 0 Å². The highest BCUT2D eigenvalue weighted by atomic mass is 16.6. The molecular weight excluding hydrogens is 330 g/mol. The van der Waals surface area contributed by atoms with Crippen LogP contribution in [-0.2, 0) is 4.74 Å². The Morgan fingerprint density at radius 2 is 2.12 bits per heavy atom. The summed E-state index contributed by atoms with van der Waals surface area (Å²) in [7, 11) is 1.66. The third-order valence-corrected chi connectivity index (χ3v) is 4.38. The number of alkyl carbamates (subject to hydrolysis) is 1. The summed E-state index contributed by atoms with van der Waals surface area (Å²) in [4.78, 5) is 19.0. The minimum Gasteiger partial charge on any atom is -0.494 e. The van der Waals surface area contributed by atoms with Gasteiger partial charge in [0.15, 0.2) is 0 Å². The molecule has 3 rings (SSSR count). The number of rotatable bonds is 3. The van der Waals surface area contributed by atoms with Crippen LogP contribution in [0.3, 0.4) is 0 Å². The van der Waals surface area contributed by atoms with Crippen LogP contribution < -0.4 is 15.0 Å². The fourth-order valence-corrected chi connectivity index (χ4v) is 3.33. The average Bonchev–Trinajstić information content (AvgIpc) is 2.99. The molecule has 0 radical (unpaired) electrons. The molecule has 2 heterocycles. The van der Waals surface area contributed by atoms with Gasteiger partial charge < -0.3 is 19.7 Å². The second-order valence-electron chi connectivity index (χ2n) is 7.72. The molecule has 0 aliphatic carbocycles. The number of para-hydroxylation sites is 1. The summed E-state index contributed by atoms with van der Waals surface area (Å²) < 4.78 is 10.8. The molecule has 0 spiro atoms. The predicted octanol–water partition coefficient (Wildman–Crippen LogP) is 3.66. The lowest BCUT2D eigenvalue weighted by atomic mass is 10.1. The molecule has 1 aliphatic rings. The van der Waals surface area contributed by atoms with Crippen molar-refractivity contribution in [3.63, 3.8) is 0 Å². The molecule has 140 valence electrons. The number of hydrogen-bond acceptors (Lipinski definition) is 5. The maximum atomic E-state index is 12.0. The van der Waals surface area contributed by atoms with E-state index < -0.39 is 5.60 Å². The molecule has 1 aliphatic heterocycles. The fourth-order valence-electron chi connectivity index (χ4n) is 3.33. The molecule has 0 unspecified atom stereocenters. The van der Waals surface area contributed by atoms with Crippen LogP contribution in [0.15, 0.2) is 24.3 Å². The van der Waals surface area contributed by atoms with E-state index in [1.165, 1.54) is 0 Å². The van der Waals surface area contributed by atoms with Gasteiger partial charge in [0, 0.05) is 29.9 Å². The average molecular weight is 357 g/mol. The van der Waals surface area contributed by atoms with Gasteiger partial charge in [-0.05, 0) is 46.2 Å². The Balaban J connectivity index is 1.80. The minimum atomic E-state index is -0.489. The van der Waals surface area contributed by atoms with Crippen LogP contribution in [0.1, 0.15) is 32.9 Å². The predicted molar refractivity (Wildman–Crippen MR) is 103 cm³/mol. The molecule has 0 saturated carbocycles. The van der Waals surface area contributed by atoms with Gasteiger partial charge >= 0.3 is 6.09 Å². The Bertz CT molecular complexity index is 814. The molecular formula is C20H27N3O3. The van der Waals surface area contributed by atoms with Gasteiger partial charge in [0.25, 0.3) is 0 Å². The van der Waals surface area contributed by atoms with E-state index in [9.17, 15) is 4.79 Å². The summed E-state index contributed by atoms with van der Waals surface area (Å²) in [6, 6.07) is 8.13. The number of benzene rings is 1. The normalized spacial score (nSPS) is 17.4. The van der Waals surface area contributed by atoms with E-state index >= 15 is 0 Å². The number of carbonyl (C=O) groups is 1. The molecule has 2 aromatic rings. The number of fused-ring (bicyclic) bond motifs is 1. The van der Waals surface area contributed by atoms with Gasteiger partial charge in [-0.15, -0.1) is 0 Å². The Kier molecular flexibility index (Phi) is 4.94. The van der Waals surface area contributed by atoms with Gasteiger partial charge in [0.1, 0.15) is 16.9 Å². The number of carbonyl (C=O) groups excluding carboxylic acids is 1. The SMILES string of the molecule is COc1cccc2c(N3CC[C@@H](NC(=O)OC(C)(C)C)C3)cc(C)nc12. The van der Waals surface area contributed by atoms with Gasteiger partial charge in [-0.1, -0.05) is 12.1 Å². The van der Waals surface area contributed by atoms with Gasteiger partial charge in [-0.25, -0.2) is 9.78 Å². The van der Waals surface area contributed by atoms with Crippen molar-refractivity contribution in [3.8, 4) is 5.75 Å². The van der Waals surface area contributed by atoms with Crippen LogP contribution >= 0.6 is 0 Å². The molecule has 1 aromatic heterocycles. The largest absolute Gasteiger partial charge is 0.494 e. The number of methoxy groups -OCH3 is 1. The lowest BCUT2D eigenvalue weighted by molar-refractivity contribution is 0.0509. The van der Waals surface area contributed by atoms with Gasteiger partial charge in [0.2, 0.25) is 0 Å². The monoisotopic (exact) mass is 357 g/mol. The minimum absolute atomic E-state index is 0.0685. The first-order valence-electron chi connectivity index (χ1n) is 8.95. The number of hydrogen-bond donors (Lipinski definition) is 1. The van der Waals surface area contributed by atoms with E-state index in [1.54, 1.807) is 7.11 Å². The van der Waals surface area contributed by atoms with E-state index in [1.807, 2.05) is 39.8 Å². The summed E-state index contributed by atoms with van der Waals surface area (Å²) in [6.07, 6.45) is 0.522. The standard InChI is InChI=1S/C20H27N3O3/c1-13-11-16(15-7-6-8-17(25-5)18(15)21-13)23-10-9-14(12-23)22-19(24)26-20(2,3)4/h6-8,11,14H,9-10,12H2,1-5H3,(H,22,24)/t14-/m1/s1. The summed E-state index contributed by atoms with van der Waals surface area (Å²) in [5.74, 6) is 0.773. The Hall–Kier alpha value is -2.50. The number of aryl methyl sites for hydroxylation is 1. The van der Waals surface area contributed by atoms with Crippen molar-refractivity contribution in [2.75, 3.05) is 25.1 Å². The van der Waals surface area contributed by atoms with Crippen LogP contribution in [0.25, 0.3) is 10.9 Å². The molecule has 0 bridgehead atoms. The van der Waals surface area contributed by atoms with Crippen LogP contribution in [0, 0.1) is 6.92 Å². The zero-order valence-corrected chi connectivity index (χ0v) is 16.1. The van der Waals surface area contributed by atoms with E-state index in [4.69, 9.17) is 9.47 Å². The number of amides is 1. The second kappa shape index (κ2) is 7.02. The summed E-state index contributed by atoms with van der Waals surface area (Å²) in [5.41, 5.74) is 2.45. The maximum Gasteiger partial charge on any atom is 0.407 e. The number of pyridine rings is 1. The molecule has 1 atom stereocenters. The van der Waals surface area contributed by atoms with Gasteiger partial charge in [0.05, 0.1) is 13.2 Å². The molecule has 1 fully saturated rings. The highest BCUT2D eigenvalue weighted by Gasteiger charge is 2.27. The van der Waals surface area contributed by atoms with Crippen molar-refractivity contribution in [1.82, 2.24) is 10.3 Å². The lowest BCUT2D eigenvalue weighted by Crippen LogP contribution is -2.40. The smallest absolute Gasteiger partial charge is 0.407 e. The summed E-state index contributed by atoms with van der Waals surface area (Å²) in [6.45, 7) is 9.21. The van der Waals surface area contributed by atoms with Crippen LogP contribution in [0.2, 0.25) is 0 Å². The van der Waals surface area contributed by atoms with Crippen molar-refractivity contribution >= 4 is 22.7 Å². The van der Waals surface area contributed by atoms with Crippen LogP contribution in [0.5, 0.6) is 5.75 Å². The molecule has 1 N–H and O–H groups in total. The van der Waals surface area contributed by atoms with E-state index in [0.717, 1.165) is 47.5 Å². The molecule has 26 heavy (non-hydrogen) atoms. The highest BCUT2D eigenvalue weighted by molar-refractivity contribution is 5.95. The first-order chi connectivity index (χ1) is 12.3. The third-order valence-electron chi connectivity index (χ3n) is 4.38. The Morgan fingerprint density at radius 3 is 2.81 bits per heavy atom. The number of anilines is 1. The van der Waals surface area contributed by atoms with E-state index in [0.29, 0.717) is 0 Å². The van der Waals surface area contributed by atoms with Crippen LogP contribution in [0.4, 0.5) is 10.5 Å². The molecule has 1 amide bonds. The summed E-state index contributed by atoms with van der Waals surface area (Å²) in [5, 5.41) is 4.04. The molecule has 6 heteroatoms. The molecule has 1 aromatic carbocycles.